The third-order valence-corrected chi connectivity index (χ3v) is 3.94. The first-order valence-electron chi connectivity index (χ1n) is 7.70. The van der Waals surface area contributed by atoms with Crippen LogP contribution in [-0.2, 0) is 6.54 Å². The van der Waals surface area contributed by atoms with Crippen molar-refractivity contribution in [3.63, 3.8) is 0 Å². The van der Waals surface area contributed by atoms with Crippen LogP contribution in [0.1, 0.15) is 38.8 Å². The van der Waals surface area contributed by atoms with Crippen molar-refractivity contribution in [3.05, 3.63) is 30.1 Å². The van der Waals surface area contributed by atoms with Crippen molar-refractivity contribution in [1.82, 2.24) is 14.7 Å². The highest BCUT2D eigenvalue weighted by atomic mass is 15.2. The molecule has 0 saturated carbocycles. The minimum absolute atomic E-state index is 0.485. The zero-order valence-electron chi connectivity index (χ0n) is 12.5. The lowest BCUT2D eigenvalue weighted by molar-refractivity contribution is 0.559. The third kappa shape index (κ3) is 2.66. The van der Waals surface area contributed by atoms with Gasteiger partial charge in [-0.2, -0.15) is 0 Å². The van der Waals surface area contributed by atoms with Crippen molar-refractivity contribution in [1.29, 1.82) is 0 Å². The summed E-state index contributed by atoms with van der Waals surface area (Å²) in [4.78, 5) is 7.32. The van der Waals surface area contributed by atoms with Gasteiger partial charge in [0.25, 0.3) is 0 Å². The molecule has 1 fully saturated rings. The molecule has 3 rings (SSSR count). The predicted octanol–water partition coefficient (Wildman–Crippen LogP) is 2.82. The molecule has 0 unspecified atom stereocenters. The number of hydrogen-bond acceptors (Lipinski definition) is 3. The summed E-state index contributed by atoms with van der Waals surface area (Å²) in [6.45, 7) is 7.51. The Morgan fingerprint density at radius 3 is 2.75 bits per heavy atom. The second-order valence-electron chi connectivity index (χ2n) is 5.89. The molecule has 1 aliphatic rings. The Hall–Kier alpha value is -1.55. The van der Waals surface area contributed by atoms with Crippen molar-refractivity contribution < 1.29 is 0 Å². The van der Waals surface area contributed by atoms with Crippen LogP contribution >= 0.6 is 0 Å². The lowest BCUT2D eigenvalue weighted by atomic mass is 10.1. The fraction of sp³-hybridized carbons (Fsp3) is 0.562. The number of nitrogens with one attached hydrogen (secondary N) is 1. The second kappa shape index (κ2) is 5.83. The number of nitrogens with zero attached hydrogens (tertiary/aromatic N) is 3. The Bertz CT molecular complexity index is 567. The second-order valence-corrected chi connectivity index (χ2v) is 5.89. The first-order chi connectivity index (χ1) is 9.75. The van der Waals surface area contributed by atoms with E-state index in [4.69, 9.17) is 4.98 Å². The van der Waals surface area contributed by atoms with Gasteiger partial charge in [0.1, 0.15) is 5.65 Å². The summed E-state index contributed by atoms with van der Waals surface area (Å²) in [6, 6.07) is 6.71. The Morgan fingerprint density at radius 1 is 1.20 bits per heavy atom. The monoisotopic (exact) mass is 272 g/mol. The molecule has 0 spiro atoms. The van der Waals surface area contributed by atoms with Crippen molar-refractivity contribution in [2.75, 3.05) is 18.0 Å². The van der Waals surface area contributed by atoms with E-state index in [-0.39, 0.29) is 0 Å². The third-order valence-electron chi connectivity index (χ3n) is 3.94. The van der Waals surface area contributed by atoms with Gasteiger partial charge in [-0.1, -0.05) is 19.9 Å². The minimum Gasteiger partial charge on any atom is -0.355 e. The highest BCUT2D eigenvalue weighted by Crippen LogP contribution is 2.24. The highest BCUT2D eigenvalue weighted by molar-refractivity contribution is 5.56. The summed E-state index contributed by atoms with van der Waals surface area (Å²) >= 11 is 0. The van der Waals surface area contributed by atoms with E-state index < -0.39 is 0 Å². The maximum atomic E-state index is 4.86. The van der Waals surface area contributed by atoms with Crippen molar-refractivity contribution in [2.45, 2.75) is 45.7 Å². The molecule has 20 heavy (non-hydrogen) atoms. The van der Waals surface area contributed by atoms with Gasteiger partial charge in [0.15, 0.2) is 5.82 Å². The van der Waals surface area contributed by atoms with Crippen LogP contribution < -0.4 is 10.2 Å². The van der Waals surface area contributed by atoms with E-state index in [2.05, 4.69) is 52.9 Å². The van der Waals surface area contributed by atoms with Crippen LogP contribution in [0.5, 0.6) is 0 Å². The maximum Gasteiger partial charge on any atom is 0.152 e. The van der Waals surface area contributed by atoms with E-state index in [0.717, 1.165) is 25.3 Å². The molecule has 0 aliphatic carbocycles. The molecule has 0 radical (unpaired) electrons. The normalized spacial score (nSPS) is 16.2. The minimum atomic E-state index is 0.485. The van der Waals surface area contributed by atoms with Crippen LogP contribution in [-0.4, -0.2) is 28.5 Å². The molecule has 0 amide bonds. The van der Waals surface area contributed by atoms with Crippen LogP contribution in [0.4, 0.5) is 5.82 Å². The van der Waals surface area contributed by atoms with E-state index in [0.29, 0.717) is 6.04 Å². The number of piperidine rings is 1. The van der Waals surface area contributed by atoms with Crippen LogP contribution in [0, 0.1) is 0 Å². The molecule has 1 saturated heterocycles. The number of hydrogen-bond donors (Lipinski definition) is 1. The molecule has 1 N–H and O–H groups in total. The quantitative estimate of drug-likeness (QED) is 0.929. The van der Waals surface area contributed by atoms with Crippen molar-refractivity contribution in [2.24, 2.45) is 0 Å². The summed E-state index contributed by atoms with van der Waals surface area (Å²) in [5, 5.41) is 3.53. The van der Waals surface area contributed by atoms with Gasteiger partial charge < -0.3 is 14.6 Å². The fourth-order valence-corrected chi connectivity index (χ4v) is 2.86. The number of fused-ring (bicyclic) bond motifs is 1. The number of rotatable bonds is 4. The van der Waals surface area contributed by atoms with E-state index in [1.54, 1.807) is 0 Å². The van der Waals surface area contributed by atoms with Gasteiger partial charge in [0, 0.05) is 31.9 Å². The first-order valence-corrected chi connectivity index (χ1v) is 7.70. The lowest BCUT2D eigenvalue weighted by Gasteiger charge is -2.27. The molecule has 2 aromatic heterocycles. The highest BCUT2D eigenvalue weighted by Gasteiger charge is 2.19. The zero-order valence-corrected chi connectivity index (χ0v) is 12.5. The molecule has 3 heterocycles. The van der Waals surface area contributed by atoms with Crippen LogP contribution in [0.15, 0.2) is 24.4 Å². The largest absolute Gasteiger partial charge is 0.355 e. The van der Waals surface area contributed by atoms with E-state index >= 15 is 0 Å². The summed E-state index contributed by atoms with van der Waals surface area (Å²) < 4.78 is 2.22. The maximum absolute atomic E-state index is 4.86. The standard InChI is InChI=1S/C16H24N4/c1-13(2)17-12-14-16(19-9-5-3-6-10-19)18-15-8-4-7-11-20(14)15/h4,7-8,11,13,17H,3,5-6,9-10,12H2,1-2H3. The predicted molar refractivity (Wildman–Crippen MR) is 83.2 cm³/mol. The van der Waals surface area contributed by atoms with Crippen molar-refractivity contribution >= 4 is 11.5 Å². The molecule has 4 heteroatoms. The van der Waals surface area contributed by atoms with Crippen LogP contribution in [0.2, 0.25) is 0 Å². The average molecular weight is 272 g/mol. The Balaban J connectivity index is 1.97. The zero-order chi connectivity index (χ0) is 13.9. The molecule has 4 nitrogen and oxygen atoms in total. The lowest BCUT2D eigenvalue weighted by Crippen LogP contribution is -2.31. The molecular weight excluding hydrogens is 248 g/mol. The van der Waals surface area contributed by atoms with Gasteiger partial charge in [-0.15, -0.1) is 0 Å². The number of anilines is 1. The molecule has 0 atom stereocenters. The summed E-state index contributed by atoms with van der Waals surface area (Å²) in [5.74, 6) is 1.17. The Morgan fingerprint density at radius 2 is 2.00 bits per heavy atom. The molecule has 0 bridgehead atoms. The number of imidazole rings is 1. The molecule has 108 valence electrons. The van der Waals surface area contributed by atoms with Crippen LogP contribution in [0.25, 0.3) is 5.65 Å². The van der Waals surface area contributed by atoms with Gasteiger partial charge in [-0.3, -0.25) is 0 Å². The van der Waals surface area contributed by atoms with E-state index in [9.17, 15) is 0 Å². The van der Waals surface area contributed by atoms with Gasteiger partial charge in [0.05, 0.1) is 5.69 Å². The summed E-state index contributed by atoms with van der Waals surface area (Å²) in [5.41, 5.74) is 2.34. The van der Waals surface area contributed by atoms with Crippen LogP contribution in [0.3, 0.4) is 0 Å². The fourth-order valence-electron chi connectivity index (χ4n) is 2.86. The van der Waals surface area contributed by atoms with Gasteiger partial charge >= 0.3 is 0 Å². The first kappa shape index (κ1) is 13.4. The SMILES string of the molecule is CC(C)NCc1c(N2CCCCC2)nc2ccccn12. The van der Waals surface area contributed by atoms with Gasteiger partial charge in [-0.25, -0.2) is 4.98 Å². The molecule has 0 aromatic carbocycles. The number of pyridine rings is 1. The Kier molecular flexibility index (Phi) is 3.92. The smallest absolute Gasteiger partial charge is 0.152 e. The number of aromatic nitrogens is 2. The summed E-state index contributed by atoms with van der Waals surface area (Å²) in [6.07, 6.45) is 6.03. The van der Waals surface area contributed by atoms with Gasteiger partial charge in [-0.05, 0) is 31.4 Å². The molecular formula is C16H24N4. The molecule has 1 aliphatic heterocycles. The molecule has 2 aromatic rings. The Labute approximate surface area is 120 Å². The average Bonchev–Trinajstić information content (AvgIpc) is 2.84. The summed E-state index contributed by atoms with van der Waals surface area (Å²) in [7, 11) is 0. The van der Waals surface area contributed by atoms with Gasteiger partial charge in [0.2, 0.25) is 0 Å². The topological polar surface area (TPSA) is 32.6 Å². The van der Waals surface area contributed by atoms with E-state index in [1.165, 1.54) is 30.8 Å². The van der Waals surface area contributed by atoms with E-state index in [1.807, 2.05) is 0 Å². The van der Waals surface area contributed by atoms with Crippen molar-refractivity contribution in [3.8, 4) is 0 Å².